The summed E-state index contributed by atoms with van der Waals surface area (Å²) in [5.41, 5.74) is 0. The lowest BCUT2D eigenvalue weighted by molar-refractivity contribution is -0.143. The molecule has 0 saturated heterocycles. The van der Waals surface area contributed by atoms with Crippen LogP contribution in [0.1, 0.15) is 25.7 Å². The first kappa shape index (κ1) is 13.4. The molecular formula is C15H18N2O2S. The van der Waals surface area contributed by atoms with E-state index in [0.29, 0.717) is 5.92 Å². The number of carbonyl (C=O) groups is 1. The summed E-state index contributed by atoms with van der Waals surface area (Å²) >= 11 is 1.72. The van der Waals surface area contributed by atoms with Gasteiger partial charge in [0, 0.05) is 22.8 Å². The van der Waals surface area contributed by atoms with Crippen molar-refractivity contribution in [2.45, 2.75) is 25.7 Å². The van der Waals surface area contributed by atoms with Crippen LogP contribution >= 0.6 is 11.3 Å². The van der Waals surface area contributed by atoms with Crippen LogP contribution in [0.15, 0.2) is 23.7 Å². The number of nitrogens with one attached hydrogen (secondary N) is 1. The van der Waals surface area contributed by atoms with E-state index in [9.17, 15) is 4.79 Å². The van der Waals surface area contributed by atoms with E-state index in [4.69, 9.17) is 5.11 Å². The Morgan fingerprint density at radius 3 is 2.90 bits per heavy atom. The number of hydrogen-bond acceptors (Lipinski definition) is 4. The molecule has 0 unspecified atom stereocenters. The zero-order chi connectivity index (χ0) is 13.9. The number of rotatable bonds is 4. The molecule has 106 valence electrons. The Balaban J connectivity index is 1.58. The normalized spacial score (nSPS) is 22.8. The van der Waals surface area contributed by atoms with Crippen LogP contribution in [-0.2, 0) is 4.79 Å². The highest BCUT2D eigenvalue weighted by molar-refractivity contribution is 7.17. The molecule has 20 heavy (non-hydrogen) atoms. The quantitative estimate of drug-likeness (QED) is 0.903. The van der Waals surface area contributed by atoms with Crippen molar-refractivity contribution >= 4 is 33.2 Å². The molecule has 2 aromatic heterocycles. The van der Waals surface area contributed by atoms with Gasteiger partial charge in [-0.3, -0.25) is 4.79 Å². The highest BCUT2D eigenvalue weighted by Gasteiger charge is 2.25. The maximum absolute atomic E-state index is 10.9. The number of aromatic nitrogens is 1. The van der Waals surface area contributed by atoms with Gasteiger partial charge >= 0.3 is 5.97 Å². The predicted octanol–water partition coefficient (Wildman–Crippen LogP) is 3.60. The van der Waals surface area contributed by atoms with Crippen LogP contribution in [0.25, 0.3) is 10.1 Å². The summed E-state index contributed by atoms with van der Waals surface area (Å²) in [6.07, 6.45) is 5.42. The molecule has 0 atom stereocenters. The van der Waals surface area contributed by atoms with Gasteiger partial charge in [0.25, 0.3) is 0 Å². The van der Waals surface area contributed by atoms with Crippen molar-refractivity contribution < 1.29 is 9.90 Å². The maximum Gasteiger partial charge on any atom is 0.306 e. The number of nitrogens with zero attached hydrogens (tertiary/aromatic N) is 1. The summed E-state index contributed by atoms with van der Waals surface area (Å²) in [4.78, 5) is 15.3. The van der Waals surface area contributed by atoms with E-state index in [0.717, 1.165) is 38.0 Å². The molecule has 2 aromatic rings. The number of carboxylic acid groups (broad SMARTS) is 1. The number of anilines is 1. The van der Waals surface area contributed by atoms with Crippen LogP contribution in [0.3, 0.4) is 0 Å². The van der Waals surface area contributed by atoms with E-state index in [2.05, 4.69) is 21.7 Å². The van der Waals surface area contributed by atoms with Gasteiger partial charge in [-0.1, -0.05) is 0 Å². The maximum atomic E-state index is 10.9. The second-order valence-corrected chi connectivity index (χ2v) is 6.38. The van der Waals surface area contributed by atoms with E-state index in [1.807, 2.05) is 12.3 Å². The number of carboxylic acids is 1. The van der Waals surface area contributed by atoms with Crippen molar-refractivity contribution in [1.29, 1.82) is 0 Å². The molecule has 0 spiro atoms. The van der Waals surface area contributed by atoms with E-state index in [-0.39, 0.29) is 5.92 Å². The minimum Gasteiger partial charge on any atom is -0.481 e. The molecule has 1 fully saturated rings. The highest BCUT2D eigenvalue weighted by Crippen LogP contribution is 2.30. The number of fused-ring (bicyclic) bond motifs is 1. The summed E-state index contributed by atoms with van der Waals surface area (Å²) in [5.74, 6) is 0.733. The Bertz CT molecular complexity index is 603. The first-order chi connectivity index (χ1) is 9.74. The third-order valence-corrected chi connectivity index (χ3v) is 5.02. The van der Waals surface area contributed by atoms with Crippen LogP contribution in [0.5, 0.6) is 0 Å². The van der Waals surface area contributed by atoms with E-state index < -0.39 is 5.97 Å². The molecule has 0 bridgehead atoms. The summed E-state index contributed by atoms with van der Waals surface area (Å²) < 4.78 is 1.25. The first-order valence-corrected chi connectivity index (χ1v) is 7.91. The fraction of sp³-hybridized carbons (Fsp3) is 0.467. The van der Waals surface area contributed by atoms with Crippen molar-refractivity contribution in [3.05, 3.63) is 23.7 Å². The summed E-state index contributed by atoms with van der Waals surface area (Å²) in [7, 11) is 0. The van der Waals surface area contributed by atoms with Crippen molar-refractivity contribution in [3.63, 3.8) is 0 Å². The lowest BCUT2D eigenvalue weighted by Crippen LogP contribution is -2.25. The Morgan fingerprint density at radius 1 is 1.35 bits per heavy atom. The summed E-state index contributed by atoms with van der Waals surface area (Å²) in [6, 6.07) is 4.12. The molecule has 0 aromatic carbocycles. The molecule has 1 aliphatic carbocycles. The Morgan fingerprint density at radius 2 is 2.15 bits per heavy atom. The van der Waals surface area contributed by atoms with Gasteiger partial charge in [-0.05, 0) is 49.1 Å². The first-order valence-electron chi connectivity index (χ1n) is 7.03. The number of aliphatic carboxylic acids is 1. The number of thiophene rings is 1. The minimum absolute atomic E-state index is 0.135. The fourth-order valence-corrected chi connectivity index (χ4v) is 3.67. The van der Waals surface area contributed by atoms with Crippen LogP contribution < -0.4 is 5.32 Å². The van der Waals surface area contributed by atoms with Crippen LogP contribution in [0.4, 0.5) is 5.82 Å². The molecule has 0 aliphatic heterocycles. The molecule has 0 radical (unpaired) electrons. The third-order valence-electron chi connectivity index (χ3n) is 4.13. The Hall–Kier alpha value is -1.62. The number of pyridine rings is 1. The average molecular weight is 290 g/mol. The molecule has 2 heterocycles. The molecule has 1 saturated carbocycles. The van der Waals surface area contributed by atoms with Gasteiger partial charge in [0.1, 0.15) is 5.82 Å². The number of hydrogen-bond donors (Lipinski definition) is 2. The molecule has 5 heteroatoms. The van der Waals surface area contributed by atoms with Gasteiger partial charge in [0.2, 0.25) is 0 Å². The topological polar surface area (TPSA) is 62.2 Å². The van der Waals surface area contributed by atoms with Crippen LogP contribution in [0.2, 0.25) is 0 Å². The van der Waals surface area contributed by atoms with Gasteiger partial charge in [0.15, 0.2) is 0 Å². The van der Waals surface area contributed by atoms with E-state index >= 15 is 0 Å². The van der Waals surface area contributed by atoms with Gasteiger partial charge in [-0.2, -0.15) is 0 Å². The molecule has 4 nitrogen and oxygen atoms in total. The molecule has 2 N–H and O–H groups in total. The average Bonchev–Trinajstić information content (AvgIpc) is 2.94. The minimum atomic E-state index is -0.638. The fourth-order valence-electron chi connectivity index (χ4n) is 2.89. The predicted molar refractivity (Wildman–Crippen MR) is 81.2 cm³/mol. The Kier molecular flexibility index (Phi) is 3.87. The highest BCUT2D eigenvalue weighted by atomic mass is 32.1. The van der Waals surface area contributed by atoms with Gasteiger partial charge in [-0.15, -0.1) is 11.3 Å². The summed E-state index contributed by atoms with van der Waals surface area (Å²) in [6.45, 7) is 0.883. The van der Waals surface area contributed by atoms with Crippen LogP contribution in [-0.4, -0.2) is 22.6 Å². The largest absolute Gasteiger partial charge is 0.481 e. The lowest BCUT2D eigenvalue weighted by Gasteiger charge is -2.26. The molecule has 3 rings (SSSR count). The standard InChI is InChI=1S/C15H18N2O2S/c18-15(19)11-3-1-10(2-4-11)9-17-14-12-6-8-20-13(12)5-7-16-14/h5-8,10-11H,1-4,9H2,(H,16,17)(H,18,19). The van der Waals surface area contributed by atoms with E-state index in [1.165, 1.54) is 10.1 Å². The zero-order valence-corrected chi connectivity index (χ0v) is 12.0. The van der Waals surface area contributed by atoms with Gasteiger partial charge < -0.3 is 10.4 Å². The second kappa shape index (κ2) is 5.79. The monoisotopic (exact) mass is 290 g/mol. The van der Waals surface area contributed by atoms with Gasteiger partial charge in [-0.25, -0.2) is 4.98 Å². The smallest absolute Gasteiger partial charge is 0.306 e. The second-order valence-electron chi connectivity index (χ2n) is 5.43. The Labute approximate surface area is 121 Å². The zero-order valence-electron chi connectivity index (χ0n) is 11.2. The summed E-state index contributed by atoms with van der Waals surface area (Å²) in [5, 5.41) is 15.7. The van der Waals surface area contributed by atoms with E-state index in [1.54, 1.807) is 11.3 Å². The van der Waals surface area contributed by atoms with Crippen molar-refractivity contribution in [2.24, 2.45) is 11.8 Å². The molecule has 1 aliphatic rings. The molecule has 0 amide bonds. The van der Waals surface area contributed by atoms with Crippen molar-refractivity contribution in [2.75, 3.05) is 11.9 Å². The van der Waals surface area contributed by atoms with Crippen LogP contribution in [0, 0.1) is 11.8 Å². The SMILES string of the molecule is O=C(O)C1CCC(CNc2nccc3sccc23)CC1. The van der Waals surface area contributed by atoms with Gasteiger partial charge in [0.05, 0.1) is 5.92 Å². The van der Waals surface area contributed by atoms with Crippen molar-refractivity contribution in [1.82, 2.24) is 4.98 Å². The van der Waals surface area contributed by atoms with Crippen molar-refractivity contribution in [3.8, 4) is 0 Å². The molecular weight excluding hydrogens is 272 g/mol. The lowest BCUT2D eigenvalue weighted by atomic mass is 9.82. The third kappa shape index (κ3) is 2.77.